The number of carbonyl (C=O) groups is 3. The molecule has 0 saturated carbocycles. The molecule has 0 aromatic heterocycles. The number of nitrogens with one attached hydrogen (secondary N) is 1. The van der Waals surface area contributed by atoms with Gasteiger partial charge in [-0.1, -0.05) is 19.9 Å². The van der Waals surface area contributed by atoms with E-state index in [0.29, 0.717) is 48.7 Å². The third kappa shape index (κ3) is 6.34. The lowest BCUT2D eigenvalue weighted by molar-refractivity contribution is -0.124. The van der Waals surface area contributed by atoms with Crippen molar-refractivity contribution in [3.8, 4) is 11.5 Å². The van der Waals surface area contributed by atoms with Crippen LogP contribution in [-0.4, -0.2) is 80.0 Å². The second-order valence-electron chi connectivity index (χ2n) is 9.25. The Kier molecular flexibility index (Phi) is 9.30. The number of benzene rings is 2. The Labute approximate surface area is 212 Å². The van der Waals surface area contributed by atoms with E-state index in [2.05, 4.69) is 5.32 Å². The minimum atomic E-state index is -0.724. The van der Waals surface area contributed by atoms with Crippen molar-refractivity contribution in [1.82, 2.24) is 15.1 Å². The van der Waals surface area contributed by atoms with Crippen LogP contribution in [-0.2, 0) is 4.79 Å². The second kappa shape index (κ2) is 12.4. The fourth-order valence-corrected chi connectivity index (χ4v) is 4.44. The first kappa shape index (κ1) is 27.0. The van der Waals surface area contributed by atoms with E-state index in [-0.39, 0.29) is 36.2 Å². The zero-order valence-electron chi connectivity index (χ0n) is 21.4. The SMILES string of the molecule is COc1ccc(C(=O)N(CC(C)C)C2CC(C(=O)NCCN)N(C(=O)c3cccc(OC)c3)C2)cc1. The van der Waals surface area contributed by atoms with Gasteiger partial charge in [0.25, 0.3) is 11.8 Å². The number of carbonyl (C=O) groups excluding carboxylic acids is 3. The molecule has 3 N–H and O–H groups in total. The van der Waals surface area contributed by atoms with Gasteiger partial charge >= 0.3 is 0 Å². The van der Waals surface area contributed by atoms with Crippen molar-refractivity contribution in [2.24, 2.45) is 11.7 Å². The number of nitrogens with zero attached hydrogens (tertiary/aromatic N) is 2. The summed E-state index contributed by atoms with van der Waals surface area (Å²) in [5.74, 6) is 0.700. The quantitative estimate of drug-likeness (QED) is 0.521. The first-order valence-electron chi connectivity index (χ1n) is 12.2. The zero-order valence-corrected chi connectivity index (χ0v) is 21.4. The molecule has 194 valence electrons. The lowest BCUT2D eigenvalue weighted by Crippen LogP contribution is -2.47. The number of hydrogen-bond acceptors (Lipinski definition) is 6. The molecule has 2 aromatic rings. The molecule has 1 fully saturated rings. The summed E-state index contributed by atoms with van der Waals surface area (Å²) in [6, 6.07) is 12.7. The average Bonchev–Trinajstić information content (AvgIpc) is 3.34. The number of ether oxygens (including phenoxy) is 2. The fourth-order valence-electron chi connectivity index (χ4n) is 4.44. The average molecular weight is 497 g/mol. The molecule has 2 aromatic carbocycles. The van der Waals surface area contributed by atoms with Gasteiger partial charge in [0.05, 0.1) is 20.3 Å². The van der Waals surface area contributed by atoms with Crippen molar-refractivity contribution in [3.63, 3.8) is 0 Å². The Morgan fingerprint density at radius 3 is 2.36 bits per heavy atom. The van der Waals surface area contributed by atoms with Gasteiger partial charge < -0.3 is 30.3 Å². The monoisotopic (exact) mass is 496 g/mol. The van der Waals surface area contributed by atoms with E-state index >= 15 is 0 Å². The van der Waals surface area contributed by atoms with Gasteiger partial charge in [-0.05, 0) is 54.8 Å². The van der Waals surface area contributed by atoms with E-state index in [4.69, 9.17) is 15.2 Å². The summed E-state index contributed by atoms with van der Waals surface area (Å²) in [5.41, 5.74) is 6.52. The van der Waals surface area contributed by atoms with Crippen LogP contribution < -0.4 is 20.5 Å². The normalized spacial score (nSPS) is 17.1. The van der Waals surface area contributed by atoms with Crippen LogP contribution in [0.1, 0.15) is 41.0 Å². The van der Waals surface area contributed by atoms with Crippen LogP contribution in [0.3, 0.4) is 0 Å². The van der Waals surface area contributed by atoms with Gasteiger partial charge in [-0.3, -0.25) is 14.4 Å². The molecule has 36 heavy (non-hydrogen) atoms. The number of rotatable bonds is 10. The Morgan fingerprint density at radius 1 is 1.06 bits per heavy atom. The minimum absolute atomic E-state index is 0.145. The van der Waals surface area contributed by atoms with Gasteiger partial charge in [-0.25, -0.2) is 0 Å². The molecule has 2 atom stereocenters. The number of hydrogen-bond donors (Lipinski definition) is 2. The lowest BCUT2D eigenvalue weighted by Gasteiger charge is -2.31. The first-order chi connectivity index (χ1) is 17.3. The molecule has 9 nitrogen and oxygen atoms in total. The van der Waals surface area contributed by atoms with Crippen molar-refractivity contribution in [2.75, 3.05) is 40.4 Å². The topological polar surface area (TPSA) is 114 Å². The predicted molar refractivity (Wildman–Crippen MR) is 137 cm³/mol. The Hall–Kier alpha value is -3.59. The van der Waals surface area contributed by atoms with Gasteiger partial charge in [-0.15, -0.1) is 0 Å². The van der Waals surface area contributed by atoms with Crippen molar-refractivity contribution >= 4 is 17.7 Å². The number of methoxy groups -OCH3 is 2. The van der Waals surface area contributed by atoms with Crippen LogP contribution >= 0.6 is 0 Å². The van der Waals surface area contributed by atoms with E-state index in [9.17, 15) is 14.4 Å². The Morgan fingerprint density at radius 2 is 1.75 bits per heavy atom. The number of nitrogens with two attached hydrogens (primary N) is 1. The lowest BCUT2D eigenvalue weighted by atomic mass is 10.1. The molecular formula is C27H36N4O5. The van der Waals surface area contributed by atoms with E-state index in [1.807, 2.05) is 13.8 Å². The van der Waals surface area contributed by atoms with Crippen LogP contribution in [0.5, 0.6) is 11.5 Å². The molecule has 1 saturated heterocycles. The highest BCUT2D eigenvalue weighted by Crippen LogP contribution is 2.28. The van der Waals surface area contributed by atoms with Gasteiger partial charge in [0.15, 0.2) is 0 Å². The van der Waals surface area contributed by atoms with E-state index in [1.54, 1.807) is 65.4 Å². The smallest absolute Gasteiger partial charge is 0.254 e. The first-order valence-corrected chi connectivity index (χ1v) is 12.2. The molecule has 1 aliphatic rings. The third-order valence-electron chi connectivity index (χ3n) is 6.20. The molecule has 1 heterocycles. The zero-order chi connectivity index (χ0) is 26.2. The summed E-state index contributed by atoms with van der Waals surface area (Å²) < 4.78 is 10.5. The predicted octanol–water partition coefficient (Wildman–Crippen LogP) is 2.16. The summed E-state index contributed by atoms with van der Waals surface area (Å²) in [6.45, 7) is 5.41. The summed E-state index contributed by atoms with van der Waals surface area (Å²) in [5, 5.41) is 2.81. The summed E-state index contributed by atoms with van der Waals surface area (Å²) >= 11 is 0. The van der Waals surface area contributed by atoms with Crippen LogP contribution in [0.2, 0.25) is 0 Å². The van der Waals surface area contributed by atoms with E-state index in [0.717, 1.165) is 0 Å². The maximum absolute atomic E-state index is 13.6. The second-order valence-corrected chi connectivity index (χ2v) is 9.25. The van der Waals surface area contributed by atoms with Crippen molar-refractivity contribution in [1.29, 1.82) is 0 Å². The van der Waals surface area contributed by atoms with Crippen LogP contribution in [0.25, 0.3) is 0 Å². The molecule has 0 radical (unpaired) electrons. The van der Waals surface area contributed by atoms with Crippen molar-refractivity contribution in [2.45, 2.75) is 32.4 Å². The van der Waals surface area contributed by atoms with Gasteiger partial charge in [-0.2, -0.15) is 0 Å². The van der Waals surface area contributed by atoms with Crippen LogP contribution in [0.15, 0.2) is 48.5 Å². The fraction of sp³-hybridized carbons (Fsp3) is 0.444. The van der Waals surface area contributed by atoms with E-state index in [1.165, 1.54) is 7.11 Å². The highest BCUT2D eigenvalue weighted by Gasteiger charge is 2.43. The van der Waals surface area contributed by atoms with E-state index < -0.39 is 6.04 Å². The Balaban J connectivity index is 1.92. The van der Waals surface area contributed by atoms with Crippen LogP contribution in [0.4, 0.5) is 0 Å². The molecule has 2 unspecified atom stereocenters. The molecule has 0 spiro atoms. The highest BCUT2D eigenvalue weighted by atomic mass is 16.5. The maximum Gasteiger partial charge on any atom is 0.254 e. The minimum Gasteiger partial charge on any atom is -0.497 e. The number of amides is 3. The molecule has 3 rings (SSSR count). The molecule has 9 heteroatoms. The maximum atomic E-state index is 13.6. The molecule has 0 aliphatic carbocycles. The third-order valence-corrected chi connectivity index (χ3v) is 6.20. The molecule has 3 amide bonds. The van der Waals surface area contributed by atoms with Crippen molar-refractivity contribution < 1.29 is 23.9 Å². The molecule has 1 aliphatic heterocycles. The van der Waals surface area contributed by atoms with Crippen LogP contribution in [0, 0.1) is 5.92 Å². The van der Waals surface area contributed by atoms with Gasteiger partial charge in [0.2, 0.25) is 5.91 Å². The molecular weight excluding hydrogens is 460 g/mol. The summed E-state index contributed by atoms with van der Waals surface area (Å²) in [7, 11) is 3.11. The Bertz CT molecular complexity index is 1060. The molecule has 0 bridgehead atoms. The highest BCUT2D eigenvalue weighted by molar-refractivity contribution is 5.99. The largest absolute Gasteiger partial charge is 0.497 e. The van der Waals surface area contributed by atoms with Gasteiger partial charge in [0, 0.05) is 37.3 Å². The number of likely N-dealkylation sites (tertiary alicyclic amines) is 1. The standard InChI is InChI=1S/C27H36N4O5/c1-18(2)16-30(26(33)19-8-10-22(35-3)11-9-19)21-15-24(25(32)29-13-12-28)31(17-21)27(34)20-6-5-7-23(14-20)36-4/h5-11,14,18,21,24H,12-13,15-17,28H2,1-4H3,(H,29,32). The summed E-state index contributed by atoms with van der Waals surface area (Å²) in [4.78, 5) is 43.6. The van der Waals surface area contributed by atoms with Gasteiger partial charge in [0.1, 0.15) is 17.5 Å². The van der Waals surface area contributed by atoms with Crippen molar-refractivity contribution in [3.05, 3.63) is 59.7 Å². The summed E-state index contributed by atoms with van der Waals surface area (Å²) in [6.07, 6.45) is 0.334.